The van der Waals surface area contributed by atoms with Crippen LogP contribution >= 0.6 is 24.0 Å². The molecule has 1 aromatic heterocycles. The standard InChI is InChI=1S/C16H20F3N7O.HI/c1-20-15(23-9-13-24-10-25-26(13)2)22-8-7-21-14(27)11-3-5-12(6-4-11)16(17,18)19;/h3-6,10H,7-9H2,1-2H3,(H,21,27)(H2,20,22,23);1H. The highest BCUT2D eigenvalue weighted by atomic mass is 127. The van der Waals surface area contributed by atoms with Crippen molar-refractivity contribution in [2.75, 3.05) is 20.1 Å². The Morgan fingerprint density at radius 3 is 2.32 bits per heavy atom. The molecule has 2 aromatic rings. The van der Waals surface area contributed by atoms with Crippen molar-refractivity contribution >= 4 is 35.8 Å². The summed E-state index contributed by atoms with van der Waals surface area (Å²) in [6, 6.07) is 4.05. The molecule has 0 saturated heterocycles. The fraction of sp³-hybridized carbons (Fsp3) is 0.375. The number of alkyl halides is 3. The number of rotatable bonds is 6. The summed E-state index contributed by atoms with van der Waals surface area (Å²) in [4.78, 5) is 20.1. The third kappa shape index (κ3) is 6.98. The number of aliphatic imine (C=N–C) groups is 1. The van der Waals surface area contributed by atoms with Gasteiger partial charge in [0.25, 0.3) is 5.91 Å². The number of amides is 1. The van der Waals surface area contributed by atoms with Gasteiger partial charge >= 0.3 is 6.18 Å². The molecule has 0 bridgehead atoms. The lowest BCUT2D eigenvalue weighted by Crippen LogP contribution is -2.41. The summed E-state index contributed by atoms with van der Waals surface area (Å²) in [5.74, 6) is 0.794. The van der Waals surface area contributed by atoms with Crippen LogP contribution in [0.1, 0.15) is 21.7 Å². The largest absolute Gasteiger partial charge is 0.416 e. The molecular weight excluding hydrogens is 490 g/mol. The fourth-order valence-electron chi connectivity index (χ4n) is 2.13. The van der Waals surface area contributed by atoms with Crippen LogP contribution in [0.2, 0.25) is 0 Å². The second kappa shape index (κ2) is 10.8. The van der Waals surface area contributed by atoms with Crippen LogP contribution < -0.4 is 16.0 Å². The molecule has 0 spiro atoms. The zero-order valence-corrected chi connectivity index (χ0v) is 17.6. The fourth-order valence-corrected chi connectivity index (χ4v) is 2.13. The first-order chi connectivity index (χ1) is 12.8. The summed E-state index contributed by atoms with van der Waals surface area (Å²) in [6.07, 6.45) is -2.98. The first-order valence-corrected chi connectivity index (χ1v) is 8.04. The zero-order chi connectivity index (χ0) is 19.9. The van der Waals surface area contributed by atoms with Crippen LogP contribution in [0.3, 0.4) is 0 Å². The molecule has 2 rings (SSSR count). The van der Waals surface area contributed by atoms with Crippen molar-refractivity contribution in [3.8, 4) is 0 Å². The summed E-state index contributed by atoms with van der Waals surface area (Å²) in [6.45, 7) is 1.07. The van der Waals surface area contributed by atoms with Crippen molar-refractivity contribution in [3.63, 3.8) is 0 Å². The third-order valence-electron chi connectivity index (χ3n) is 3.62. The highest BCUT2D eigenvalue weighted by molar-refractivity contribution is 14.0. The van der Waals surface area contributed by atoms with Gasteiger partial charge in [0.15, 0.2) is 5.96 Å². The van der Waals surface area contributed by atoms with Gasteiger partial charge in [-0.2, -0.15) is 18.3 Å². The van der Waals surface area contributed by atoms with E-state index >= 15 is 0 Å². The molecule has 28 heavy (non-hydrogen) atoms. The molecular formula is C16H21F3IN7O. The van der Waals surface area contributed by atoms with E-state index in [-0.39, 0.29) is 36.1 Å². The Labute approximate surface area is 177 Å². The van der Waals surface area contributed by atoms with Crippen molar-refractivity contribution in [2.45, 2.75) is 12.7 Å². The van der Waals surface area contributed by atoms with E-state index in [1.165, 1.54) is 6.33 Å². The molecule has 3 N–H and O–H groups in total. The molecule has 0 unspecified atom stereocenters. The first-order valence-electron chi connectivity index (χ1n) is 8.04. The van der Waals surface area contributed by atoms with E-state index in [1.54, 1.807) is 18.8 Å². The van der Waals surface area contributed by atoms with Crippen molar-refractivity contribution in [1.82, 2.24) is 30.7 Å². The Bertz CT molecular complexity index is 790. The van der Waals surface area contributed by atoms with Crippen LogP contribution in [0.5, 0.6) is 0 Å². The van der Waals surface area contributed by atoms with Gasteiger partial charge in [-0.3, -0.25) is 14.5 Å². The van der Waals surface area contributed by atoms with Crippen molar-refractivity contribution in [3.05, 3.63) is 47.5 Å². The van der Waals surface area contributed by atoms with Crippen LogP contribution in [0.15, 0.2) is 35.6 Å². The van der Waals surface area contributed by atoms with E-state index in [1.807, 2.05) is 0 Å². The molecule has 1 heterocycles. The molecule has 1 aromatic carbocycles. The zero-order valence-electron chi connectivity index (χ0n) is 15.2. The number of carbonyl (C=O) groups excluding carboxylic acids is 1. The second-order valence-electron chi connectivity index (χ2n) is 5.48. The summed E-state index contributed by atoms with van der Waals surface area (Å²) >= 11 is 0. The van der Waals surface area contributed by atoms with Gasteiger partial charge in [-0.25, -0.2) is 4.98 Å². The Morgan fingerprint density at radius 2 is 1.79 bits per heavy atom. The second-order valence-corrected chi connectivity index (χ2v) is 5.48. The molecule has 8 nitrogen and oxygen atoms in total. The number of carbonyl (C=O) groups is 1. The van der Waals surface area contributed by atoms with E-state index in [4.69, 9.17) is 0 Å². The average molecular weight is 511 g/mol. The van der Waals surface area contributed by atoms with Crippen LogP contribution in [-0.2, 0) is 19.8 Å². The topological polar surface area (TPSA) is 96.2 Å². The predicted molar refractivity (Wildman–Crippen MR) is 108 cm³/mol. The van der Waals surface area contributed by atoms with Gasteiger partial charge in [-0.1, -0.05) is 0 Å². The van der Waals surface area contributed by atoms with Crippen LogP contribution in [0, 0.1) is 0 Å². The van der Waals surface area contributed by atoms with Crippen molar-refractivity contribution in [1.29, 1.82) is 0 Å². The van der Waals surface area contributed by atoms with Crippen molar-refractivity contribution in [2.24, 2.45) is 12.0 Å². The minimum absolute atomic E-state index is 0. The average Bonchev–Trinajstić information content (AvgIpc) is 3.05. The lowest BCUT2D eigenvalue weighted by molar-refractivity contribution is -0.137. The van der Waals surface area contributed by atoms with E-state index in [0.29, 0.717) is 19.0 Å². The lowest BCUT2D eigenvalue weighted by atomic mass is 10.1. The van der Waals surface area contributed by atoms with E-state index < -0.39 is 17.6 Å². The molecule has 154 valence electrons. The van der Waals surface area contributed by atoms with Crippen LogP contribution in [-0.4, -0.2) is 46.8 Å². The number of nitrogens with one attached hydrogen (secondary N) is 3. The smallest absolute Gasteiger partial charge is 0.355 e. The van der Waals surface area contributed by atoms with Crippen LogP contribution in [0.4, 0.5) is 13.2 Å². The van der Waals surface area contributed by atoms with E-state index in [2.05, 4.69) is 31.0 Å². The number of hydrogen-bond acceptors (Lipinski definition) is 4. The summed E-state index contributed by atoms with van der Waals surface area (Å²) in [5, 5.41) is 12.6. The van der Waals surface area contributed by atoms with Gasteiger partial charge in [-0.15, -0.1) is 24.0 Å². The van der Waals surface area contributed by atoms with Gasteiger partial charge in [0.05, 0.1) is 12.1 Å². The van der Waals surface area contributed by atoms with E-state index in [0.717, 1.165) is 30.1 Å². The molecule has 1 amide bonds. The molecule has 0 aliphatic heterocycles. The predicted octanol–water partition coefficient (Wildman–Crippen LogP) is 1.55. The number of hydrogen-bond donors (Lipinski definition) is 3. The lowest BCUT2D eigenvalue weighted by Gasteiger charge is -2.12. The SMILES string of the molecule is CN=C(NCCNC(=O)c1ccc(C(F)(F)F)cc1)NCc1ncnn1C.I. The molecule has 0 atom stereocenters. The Hall–Kier alpha value is -2.38. The van der Waals surface area contributed by atoms with E-state index in [9.17, 15) is 18.0 Å². The highest BCUT2D eigenvalue weighted by Crippen LogP contribution is 2.28. The third-order valence-corrected chi connectivity index (χ3v) is 3.62. The summed E-state index contributed by atoms with van der Waals surface area (Å²) in [5.41, 5.74) is -0.633. The minimum atomic E-state index is -4.42. The molecule has 12 heteroatoms. The number of aromatic nitrogens is 3. The van der Waals surface area contributed by atoms with Gasteiger partial charge in [-0.05, 0) is 24.3 Å². The highest BCUT2D eigenvalue weighted by Gasteiger charge is 2.30. The molecule has 0 fully saturated rings. The minimum Gasteiger partial charge on any atom is -0.355 e. The molecule has 0 saturated carbocycles. The Balaban J connectivity index is 0.00000392. The van der Waals surface area contributed by atoms with Gasteiger partial charge in [0, 0.05) is 32.7 Å². The number of aryl methyl sites for hydroxylation is 1. The number of halogens is 4. The van der Waals surface area contributed by atoms with Gasteiger partial charge < -0.3 is 16.0 Å². The number of benzene rings is 1. The van der Waals surface area contributed by atoms with Gasteiger partial charge in [0.1, 0.15) is 12.2 Å². The Morgan fingerprint density at radius 1 is 1.14 bits per heavy atom. The van der Waals surface area contributed by atoms with Gasteiger partial charge in [0.2, 0.25) is 0 Å². The molecule has 0 aliphatic rings. The summed E-state index contributed by atoms with van der Waals surface area (Å²) < 4.78 is 39.2. The molecule has 0 radical (unpaired) electrons. The maximum absolute atomic E-state index is 12.5. The molecule has 0 aliphatic carbocycles. The number of guanidine groups is 1. The quantitative estimate of drug-likeness (QED) is 0.237. The summed E-state index contributed by atoms with van der Waals surface area (Å²) in [7, 11) is 3.38. The van der Waals surface area contributed by atoms with Crippen LogP contribution in [0.25, 0.3) is 0 Å². The normalized spacial score (nSPS) is 11.5. The monoisotopic (exact) mass is 511 g/mol. The number of nitrogens with zero attached hydrogens (tertiary/aromatic N) is 4. The maximum atomic E-state index is 12.5. The first kappa shape index (κ1) is 23.7. The Kier molecular flexibility index (Phi) is 9.15. The van der Waals surface area contributed by atoms with Crippen molar-refractivity contribution < 1.29 is 18.0 Å². The maximum Gasteiger partial charge on any atom is 0.416 e.